The summed E-state index contributed by atoms with van der Waals surface area (Å²) in [5.41, 5.74) is 10.4. The first kappa shape index (κ1) is 10.5. The van der Waals surface area contributed by atoms with E-state index < -0.39 is 0 Å². The van der Waals surface area contributed by atoms with E-state index >= 15 is 0 Å². The molecule has 0 saturated carbocycles. The van der Waals surface area contributed by atoms with Crippen molar-refractivity contribution in [2.24, 2.45) is 5.11 Å². The molecule has 0 aliphatic rings. The summed E-state index contributed by atoms with van der Waals surface area (Å²) in [5, 5.41) is 4.11. The molecule has 0 aliphatic carbocycles. The third-order valence-corrected chi connectivity index (χ3v) is 2.38. The Bertz CT molecular complexity index is 547. The summed E-state index contributed by atoms with van der Waals surface area (Å²) in [4.78, 5) is 6.92. The lowest BCUT2D eigenvalue weighted by Crippen LogP contribution is -1.82. The Balaban J connectivity index is 2.56. The minimum absolute atomic E-state index is 0.521. The minimum atomic E-state index is 0.521. The highest BCUT2D eigenvalue weighted by molar-refractivity contribution is 6.33. The van der Waals surface area contributed by atoms with Crippen molar-refractivity contribution in [1.29, 1.82) is 0 Å². The lowest BCUT2D eigenvalue weighted by atomic mass is 10.1. The summed E-state index contributed by atoms with van der Waals surface area (Å²) in [6, 6.07) is 10.6. The number of benzene rings is 1. The summed E-state index contributed by atoms with van der Waals surface area (Å²) in [7, 11) is 0. The summed E-state index contributed by atoms with van der Waals surface area (Å²) >= 11 is 6.06. The van der Waals surface area contributed by atoms with Gasteiger partial charge in [-0.2, -0.15) is 0 Å². The van der Waals surface area contributed by atoms with E-state index in [0.29, 0.717) is 10.7 Å². The molecule has 1 aromatic heterocycles. The molecule has 2 aromatic rings. The molecular formula is C11H7ClN4. The molecular weight excluding hydrogens is 224 g/mol. The second kappa shape index (κ2) is 4.66. The van der Waals surface area contributed by atoms with Crippen molar-refractivity contribution >= 4 is 17.3 Å². The molecule has 2 rings (SSSR count). The highest BCUT2D eigenvalue weighted by Gasteiger charge is 2.04. The molecule has 1 heterocycles. The molecule has 1 aromatic carbocycles. The van der Waals surface area contributed by atoms with E-state index in [1.165, 1.54) is 0 Å². The molecule has 0 unspecified atom stereocenters. The van der Waals surface area contributed by atoms with Crippen LogP contribution in [0.5, 0.6) is 0 Å². The zero-order valence-corrected chi connectivity index (χ0v) is 8.96. The first-order valence-electron chi connectivity index (χ1n) is 4.57. The van der Waals surface area contributed by atoms with E-state index in [-0.39, 0.29) is 0 Å². The monoisotopic (exact) mass is 230 g/mol. The lowest BCUT2D eigenvalue weighted by Gasteiger charge is -2.03. The number of pyridine rings is 1. The highest BCUT2D eigenvalue weighted by atomic mass is 35.5. The van der Waals surface area contributed by atoms with Crippen LogP contribution < -0.4 is 0 Å². The Labute approximate surface area is 97.1 Å². The van der Waals surface area contributed by atoms with E-state index in [1.807, 2.05) is 18.2 Å². The standard InChI is InChI=1S/C11H7ClN4/c12-10-5-4-8(15-16-13)7-9(10)11-3-1-2-6-14-11/h1-7H. The molecule has 5 heteroatoms. The first-order chi connectivity index (χ1) is 7.81. The van der Waals surface area contributed by atoms with Crippen LogP contribution in [0.2, 0.25) is 5.02 Å². The van der Waals surface area contributed by atoms with E-state index in [9.17, 15) is 0 Å². The van der Waals surface area contributed by atoms with Crippen molar-refractivity contribution in [3.8, 4) is 11.3 Å². The van der Waals surface area contributed by atoms with E-state index in [0.717, 1.165) is 11.3 Å². The normalized spacial score (nSPS) is 9.56. The molecule has 0 fully saturated rings. The van der Waals surface area contributed by atoms with Crippen LogP contribution in [0.4, 0.5) is 5.69 Å². The van der Waals surface area contributed by atoms with Gasteiger partial charge in [-0.05, 0) is 29.8 Å². The van der Waals surface area contributed by atoms with Gasteiger partial charge in [-0.1, -0.05) is 28.8 Å². The zero-order chi connectivity index (χ0) is 11.4. The molecule has 0 radical (unpaired) electrons. The largest absolute Gasteiger partial charge is 0.256 e. The van der Waals surface area contributed by atoms with E-state index in [1.54, 1.807) is 24.4 Å². The van der Waals surface area contributed by atoms with Crippen LogP contribution in [0.3, 0.4) is 0 Å². The smallest absolute Gasteiger partial charge is 0.0717 e. The van der Waals surface area contributed by atoms with Gasteiger partial charge < -0.3 is 0 Å². The minimum Gasteiger partial charge on any atom is -0.256 e. The Morgan fingerprint density at radius 3 is 2.81 bits per heavy atom. The molecule has 0 aliphatic heterocycles. The predicted molar refractivity (Wildman–Crippen MR) is 63.5 cm³/mol. The maximum atomic E-state index is 8.36. The average Bonchev–Trinajstić information content (AvgIpc) is 2.33. The van der Waals surface area contributed by atoms with E-state index in [4.69, 9.17) is 17.1 Å². The zero-order valence-electron chi connectivity index (χ0n) is 8.21. The first-order valence-corrected chi connectivity index (χ1v) is 4.95. The second-order valence-corrected chi connectivity index (χ2v) is 3.48. The number of hydrogen-bond donors (Lipinski definition) is 0. The van der Waals surface area contributed by atoms with Gasteiger partial charge in [-0.3, -0.25) is 4.98 Å². The van der Waals surface area contributed by atoms with Gasteiger partial charge >= 0.3 is 0 Å². The van der Waals surface area contributed by atoms with Crippen LogP contribution in [-0.4, -0.2) is 4.98 Å². The van der Waals surface area contributed by atoms with Crippen molar-refractivity contribution in [2.75, 3.05) is 0 Å². The van der Waals surface area contributed by atoms with Crippen molar-refractivity contribution in [2.45, 2.75) is 0 Å². The molecule has 0 atom stereocenters. The Morgan fingerprint density at radius 1 is 1.25 bits per heavy atom. The van der Waals surface area contributed by atoms with Gasteiger partial charge in [0.2, 0.25) is 0 Å². The predicted octanol–water partition coefficient (Wildman–Crippen LogP) is 4.34. The third kappa shape index (κ3) is 2.14. The number of nitrogens with zero attached hydrogens (tertiary/aromatic N) is 4. The van der Waals surface area contributed by atoms with Crippen LogP contribution in [0.25, 0.3) is 21.7 Å². The molecule has 4 nitrogen and oxygen atoms in total. The lowest BCUT2D eigenvalue weighted by molar-refractivity contribution is 1.32. The SMILES string of the molecule is [N-]=[N+]=Nc1ccc(Cl)c(-c2ccccn2)c1. The Morgan fingerprint density at radius 2 is 2.12 bits per heavy atom. The van der Waals surface area contributed by atoms with Crippen LogP contribution >= 0.6 is 11.6 Å². The van der Waals surface area contributed by atoms with Crippen molar-refractivity contribution in [1.82, 2.24) is 4.98 Å². The van der Waals surface area contributed by atoms with Gasteiger partial charge in [-0.15, -0.1) is 0 Å². The average molecular weight is 231 g/mol. The maximum Gasteiger partial charge on any atom is 0.0717 e. The van der Waals surface area contributed by atoms with Gasteiger partial charge in [0.1, 0.15) is 0 Å². The molecule has 16 heavy (non-hydrogen) atoms. The third-order valence-electron chi connectivity index (χ3n) is 2.05. The Hall–Kier alpha value is -2.03. The Kier molecular flexibility index (Phi) is 3.05. The topological polar surface area (TPSA) is 61.7 Å². The molecule has 0 amide bonds. The number of aromatic nitrogens is 1. The van der Waals surface area contributed by atoms with Gasteiger partial charge in [0.25, 0.3) is 0 Å². The quantitative estimate of drug-likeness (QED) is 0.430. The number of rotatable bonds is 2. The summed E-state index contributed by atoms with van der Waals surface area (Å²) in [6.07, 6.45) is 1.69. The summed E-state index contributed by atoms with van der Waals surface area (Å²) in [6.45, 7) is 0. The van der Waals surface area contributed by atoms with Crippen molar-refractivity contribution < 1.29 is 0 Å². The van der Waals surface area contributed by atoms with Crippen LogP contribution in [0.1, 0.15) is 0 Å². The number of halogens is 1. The van der Waals surface area contributed by atoms with Gasteiger partial charge in [0, 0.05) is 27.4 Å². The fourth-order valence-electron chi connectivity index (χ4n) is 1.35. The molecule has 0 N–H and O–H groups in total. The highest BCUT2D eigenvalue weighted by Crippen LogP contribution is 2.30. The second-order valence-electron chi connectivity index (χ2n) is 3.07. The fourth-order valence-corrected chi connectivity index (χ4v) is 1.56. The molecule has 78 valence electrons. The van der Waals surface area contributed by atoms with Crippen LogP contribution in [0, 0.1) is 0 Å². The van der Waals surface area contributed by atoms with Gasteiger partial charge in [-0.25, -0.2) is 0 Å². The number of hydrogen-bond acceptors (Lipinski definition) is 2. The van der Waals surface area contributed by atoms with E-state index in [2.05, 4.69) is 15.0 Å². The summed E-state index contributed by atoms with van der Waals surface area (Å²) in [5.74, 6) is 0. The fraction of sp³-hybridized carbons (Fsp3) is 0. The van der Waals surface area contributed by atoms with Crippen LogP contribution in [0.15, 0.2) is 47.7 Å². The van der Waals surface area contributed by atoms with Crippen molar-refractivity contribution in [3.63, 3.8) is 0 Å². The molecule has 0 spiro atoms. The van der Waals surface area contributed by atoms with Crippen LogP contribution in [-0.2, 0) is 0 Å². The molecule has 0 bridgehead atoms. The van der Waals surface area contributed by atoms with Gasteiger partial charge in [0.05, 0.1) is 5.69 Å². The maximum absolute atomic E-state index is 8.36. The summed E-state index contributed by atoms with van der Waals surface area (Å²) < 4.78 is 0. The number of azide groups is 1. The molecule has 0 saturated heterocycles. The van der Waals surface area contributed by atoms with Gasteiger partial charge in [0.15, 0.2) is 0 Å². The van der Waals surface area contributed by atoms with Crippen molar-refractivity contribution in [3.05, 3.63) is 58.1 Å².